The zero-order valence-electron chi connectivity index (χ0n) is 20.7. The van der Waals surface area contributed by atoms with Gasteiger partial charge in [0.2, 0.25) is 5.91 Å². The molecule has 8 heteroatoms. The summed E-state index contributed by atoms with van der Waals surface area (Å²) in [5.41, 5.74) is 3.14. The lowest BCUT2D eigenvalue weighted by atomic mass is 9.86. The van der Waals surface area contributed by atoms with E-state index in [0.717, 1.165) is 29.4 Å². The zero-order chi connectivity index (χ0) is 25.0. The number of methoxy groups -OCH3 is 1. The van der Waals surface area contributed by atoms with E-state index in [4.69, 9.17) is 4.74 Å². The Morgan fingerprint density at radius 2 is 1.74 bits per heavy atom. The second-order valence-electron chi connectivity index (χ2n) is 9.82. The van der Waals surface area contributed by atoms with E-state index in [-0.39, 0.29) is 17.1 Å². The summed E-state index contributed by atoms with van der Waals surface area (Å²) in [4.78, 5) is 24.7. The number of carbonyl (C=O) groups excluding carboxylic acids is 2. The number of anilines is 1. The molecule has 7 nitrogen and oxygen atoms in total. The summed E-state index contributed by atoms with van der Waals surface area (Å²) in [7, 11) is 1.32. The minimum absolute atomic E-state index is 0.0819. The molecule has 3 aromatic rings. The highest BCUT2D eigenvalue weighted by Gasteiger charge is 2.26. The molecule has 0 aliphatic heterocycles. The van der Waals surface area contributed by atoms with Gasteiger partial charge in [-0.3, -0.25) is 9.36 Å². The smallest absolute Gasteiger partial charge is 0.339 e. The molecule has 184 valence electrons. The van der Waals surface area contributed by atoms with Crippen LogP contribution in [-0.2, 0) is 14.9 Å². The first-order chi connectivity index (χ1) is 16.8. The molecule has 35 heavy (non-hydrogen) atoms. The van der Waals surface area contributed by atoms with Crippen molar-refractivity contribution < 1.29 is 14.3 Å². The number of nitrogens with one attached hydrogen (secondary N) is 1. The molecule has 0 bridgehead atoms. The lowest BCUT2D eigenvalue weighted by molar-refractivity contribution is -0.113. The Labute approximate surface area is 210 Å². The van der Waals surface area contributed by atoms with Crippen LogP contribution in [0.3, 0.4) is 0 Å². The predicted molar refractivity (Wildman–Crippen MR) is 139 cm³/mol. The van der Waals surface area contributed by atoms with Crippen LogP contribution in [0.25, 0.3) is 11.4 Å². The first-order valence-electron chi connectivity index (χ1n) is 11.9. The van der Waals surface area contributed by atoms with Crippen molar-refractivity contribution in [3.05, 3.63) is 59.7 Å². The van der Waals surface area contributed by atoms with Crippen LogP contribution in [0.2, 0.25) is 0 Å². The van der Waals surface area contributed by atoms with Gasteiger partial charge in [-0.2, -0.15) is 0 Å². The van der Waals surface area contributed by atoms with Crippen LogP contribution >= 0.6 is 11.8 Å². The van der Waals surface area contributed by atoms with Gasteiger partial charge in [0.15, 0.2) is 11.0 Å². The van der Waals surface area contributed by atoms with Gasteiger partial charge >= 0.3 is 5.97 Å². The fourth-order valence-corrected chi connectivity index (χ4v) is 5.19. The standard InChI is InChI=1S/C27H32N4O3S/c1-27(2,3)19-15-13-18(14-16-19)24-29-30-26(31(24)20-9-5-6-10-20)35-17-23(32)28-22-12-8-7-11-21(22)25(33)34-4/h7-8,11-16,20H,5-6,9-10,17H2,1-4H3,(H,28,32). The molecule has 1 saturated carbocycles. The van der Waals surface area contributed by atoms with Crippen LogP contribution in [0.1, 0.15) is 68.4 Å². The van der Waals surface area contributed by atoms with Crippen LogP contribution in [0, 0.1) is 0 Å². The minimum Gasteiger partial charge on any atom is -0.465 e. The van der Waals surface area contributed by atoms with Gasteiger partial charge < -0.3 is 10.1 Å². The molecule has 0 spiro atoms. The van der Waals surface area contributed by atoms with Crippen LogP contribution in [-0.4, -0.2) is 39.5 Å². The SMILES string of the molecule is COC(=O)c1ccccc1NC(=O)CSc1nnc(-c2ccc(C(C)(C)C)cc2)n1C1CCCC1. The molecule has 0 atom stereocenters. The van der Waals surface area contributed by atoms with Crippen LogP contribution < -0.4 is 5.32 Å². The maximum Gasteiger partial charge on any atom is 0.339 e. The maximum atomic E-state index is 12.7. The highest BCUT2D eigenvalue weighted by molar-refractivity contribution is 7.99. The summed E-state index contributed by atoms with van der Waals surface area (Å²) in [6.45, 7) is 6.60. The first-order valence-corrected chi connectivity index (χ1v) is 12.9. The Bertz CT molecular complexity index is 1190. The van der Waals surface area contributed by atoms with Crippen molar-refractivity contribution in [2.24, 2.45) is 0 Å². The third-order valence-electron chi connectivity index (χ3n) is 6.30. The van der Waals surface area contributed by atoms with Crippen LogP contribution in [0.4, 0.5) is 5.69 Å². The molecule has 1 amide bonds. The van der Waals surface area contributed by atoms with Crippen molar-refractivity contribution in [1.82, 2.24) is 14.8 Å². The molecular formula is C27H32N4O3S. The third-order valence-corrected chi connectivity index (χ3v) is 7.25. The number of aromatic nitrogens is 3. The maximum absolute atomic E-state index is 12.7. The fraction of sp³-hybridized carbons (Fsp3) is 0.407. The van der Waals surface area contributed by atoms with Gasteiger partial charge in [0, 0.05) is 11.6 Å². The van der Waals surface area contributed by atoms with E-state index in [1.165, 1.54) is 37.3 Å². The highest BCUT2D eigenvalue weighted by atomic mass is 32.2. The summed E-state index contributed by atoms with van der Waals surface area (Å²) < 4.78 is 7.02. The number of esters is 1. The minimum atomic E-state index is -0.489. The van der Waals surface area contributed by atoms with E-state index in [1.807, 2.05) is 0 Å². The molecule has 0 saturated heterocycles. The summed E-state index contributed by atoms with van der Waals surface area (Å²) in [6, 6.07) is 15.7. The zero-order valence-corrected chi connectivity index (χ0v) is 21.5. The van der Waals surface area contributed by atoms with Crippen LogP contribution in [0.15, 0.2) is 53.7 Å². The number of carbonyl (C=O) groups is 2. The average molecular weight is 493 g/mol. The summed E-state index contributed by atoms with van der Waals surface area (Å²) >= 11 is 1.37. The van der Waals surface area contributed by atoms with Crippen molar-refractivity contribution in [3.8, 4) is 11.4 Å². The molecule has 4 rings (SSSR count). The van der Waals surface area contributed by atoms with Gasteiger partial charge in [-0.1, -0.05) is 81.8 Å². The van der Waals surface area contributed by atoms with E-state index in [2.05, 4.69) is 65.1 Å². The van der Waals surface area contributed by atoms with E-state index >= 15 is 0 Å². The number of para-hydroxylation sites is 1. The summed E-state index contributed by atoms with van der Waals surface area (Å²) in [5, 5.41) is 12.6. The highest BCUT2D eigenvalue weighted by Crippen LogP contribution is 2.37. The number of thioether (sulfide) groups is 1. The third kappa shape index (κ3) is 5.75. The Hall–Kier alpha value is -3.13. The number of hydrogen-bond donors (Lipinski definition) is 1. The molecule has 2 aromatic carbocycles. The largest absolute Gasteiger partial charge is 0.465 e. The Morgan fingerprint density at radius 1 is 1.06 bits per heavy atom. The number of amides is 1. The number of hydrogen-bond acceptors (Lipinski definition) is 6. The topological polar surface area (TPSA) is 86.1 Å². The monoisotopic (exact) mass is 492 g/mol. The van der Waals surface area contributed by atoms with Crippen molar-refractivity contribution >= 4 is 29.3 Å². The van der Waals surface area contributed by atoms with Crippen molar-refractivity contribution in [2.45, 2.75) is 63.1 Å². The fourth-order valence-electron chi connectivity index (χ4n) is 4.38. The number of ether oxygens (including phenoxy) is 1. The van der Waals surface area contributed by atoms with E-state index < -0.39 is 5.97 Å². The Morgan fingerprint density at radius 3 is 2.40 bits per heavy atom. The lowest BCUT2D eigenvalue weighted by Gasteiger charge is -2.20. The molecule has 1 aliphatic carbocycles. The number of rotatable bonds is 7. The van der Waals surface area contributed by atoms with E-state index in [0.29, 0.717) is 17.3 Å². The van der Waals surface area contributed by atoms with E-state index in [9.17, 15) is 9.59 Å². The Kier molecular flexibility index (Phi) is 7.60. The molecular weight excluding hydrogens is 460 g/mol. The number of nitrogens with zero attached hydrogens (tertiary/aromatic N) is 3. The molecule has 1 aromatic heterocycles. The lowest BCUT2D eigenvalue weighted by Crippen LogP contribution is -2.17. The summed E-state index contributed by atoms with van der Waals surface area (Å²) in [5.74, 6) is 0.292. The first kappa shape index (κ1) is 25.0. The molecule has 1 N–H and O–H groups in total. The second-order valence-corrected chi connectivity index (χ2v) is 10.8. The number of benzene rings is 2. The van der Waals surface area contributed by atoms with Gasteiger partial charge in [0.1, 0.15) is 0 Å². The van der Waals surface area contributed by atoms with Crippen LogP contribution in [0.5, 0.6) is 0 Å². The van der Waals surface area contributed by atoms with Gasteiger partial charge in [-0.05, 0) is 36.0 Å². The van der Waals surface area contributed by atoms with Crippen molar-refractivity contribution in [2.75, 3.05) is 18.2 Å². The van der Waals surface area contributed by atoms with E-state index in [1.54, 1.807) is 24.3 Å². The second kappa shape index (κ2) is 10.6. The predicted octanol–water partition coefficient (Wildman–Crippen LogP) is 5.88. The quantitative estimate of drug-likeness (QED) is 0.328. The normalized spacial score (nSPS) is 14.2. The van der Waals surface area contributed by atoms with Gasteiger partial charge in [0.05, 0.1) is 24.1 Å². The van der Waals surface area contributed by atoms with Gasteiger partial charge in [0.25, 0.3) is 0 Å². The molecule has 0 unspecified atom stereocenters. The summed E-state index contributed by atoms with van der Waals surface area (Å²) in [6.07, 6.45) is 4.52. The Balaban J connectivity index is 1.53. The van der Waals surface area contributed by atoms with Crippen molar-refractivity contribution in [1.29, 1.82) is 0 Å². The molecule has 1 heterocycles. The van der Waals surface area contributed by atoms with Gasteiger partial charge in [-0.15, -0.1) is 10.2 Å². The molecule has 1 aliphatic rings. The molecule has 0 radical (unpaired) electrons. The average Bonchev–Trinajstić information content (AvgIpc) is 3.52. The van der Waals surface area contributed by atoms with Gasteiger partial charge in [-0.25, -0.2) is 4.79 Å². The molecule has 1 fully saturated rings. The van der Waals surface area contributed by atoms with Crippen molar-refractivity contribution in [3.63, 3.8) is 0 Å².